The van der Waals surface area contributed by atoms with Crippen molar-refractivity contribution in [1.29, 1.82) is 0 Å². The first-order valence-electron chi connectivity index (χ1n) is 24.0. The summed E-state index contributed by atoms with van der Waals surface area (Å²) in [5.41, 5.74) is 20.4. The largest absolute Gasteiger partial charge is 0.309 e. The summed E-state index contributed by atoms with van der Waals surface area (Å²) < 4.78 is 4.94. The van der Waals surface area contributed by atoms with Crippen molar-refractivity contribution in [1.82, 2.24) is 14.1 Å². The number of benzene rings is 10. The molecular weight excluding hydrogens is 835 g/mol. The Balaban J connectivity index is 1.09. The Kier molecular flexibility index (Phi) is 7.84. The zero-order valence-corrected chi connectivity index (χ0v) is 37.9. The quantitative estimate of drug-likeness (QED) is 0.169. The lowest BCUT2D eigenvalue weighted by atomic mass is 9.44. The fourth-order valence-electron chi connectivity index (χ4n) is 13.0. The zero-order valence-electron chi connectivity index (χ0n) is 37.9. The number of fused-ring (bicyclic) bond motifs is 7. The van der Waals surface area contributed by atoms with Crippen molar-refractivity contribution in [2.75, 3.05) is 0 Å². The summed E-state index contributed by atoms with van der Waals surface area (Å²) in [4.78, 5) is 5.00. The molecule has 69 heavy (non-hydrogen) atoms. The Hall–Kier alpha value is -8.79. The van der Waals surface area contributed by atoms with Crippen molar-refractivity contribution in [3.8, 4) is 22.5 Å². The third-order valence-corrected chi connectivity index (χ3v) is 15.7. The summed E-state index contributed by atoms with van der Waals surface area (Å²) >= 11 is 0. The number of nitrogens with zero attached hydrogens (tertiary/aromatic N) is 3. The first-order chi connectivity index (χ1) is 34.1. The van der Waals surface area contributed by atoms with Gasteiger partial charge in [-0.1, -0.05) is 176 Å². The highest BCUT2D eigenvalue weighted by Gasteiger charge is 2.60. The van der Waals surface area contributed by atoms with Gasteiger partial charge in [0.2, 0.25) is 0 Å². The van der Waals surface area contributed by atoms with Crippen LogP contribution in [-0.4, -0.2) is 14.1 Å². The maximum Gasteiger partial charge on any atom is 0.0712 e. The van der Waals surface area contributed by atoms with Gasteiger partial charge in [0.25, 0.3) is 0 Å². The van der Waals surface area contributed by atoms with E-state index >= 15 is 0 Å². The van der Waals surface area contributed by atoms with Gasteiger partial charge in [-0.25, -0.2) is 0 Å². The Morgan fingerprint density at radius 2 is 0.768 bits per heavy atom. The molecule has 0 fully saturated rings. The molecule has 16 rings (SSSR count). The number of aromatic nitrogens is 3. The minimum atomic E-state index is -0.674. The summed E-state index contributed by atoms with van der Waals surface area (Å²) in [5.74, 6) is 0. The smallest absolute Gasteiger partial charge is 0.0712 e. The van der Waals surface area contributed by atoms with Gasteiger partial charge in [0.05, 0.1) is 38.4 Å². The zero-order chi connectivity index (χ0) is 45.4. The molecule has 3 aliphatic carbocycles. The summed E-state index contributed by atoms with van der Waals surface area (Å²) in [6.07, 6.45) is 0. The molecule has 3 heteroatoms. The molecule has 0 saturated heterocycles. The van der Waals surface area contributed by atoms with Crippen LogP contribution in [0.25, 0.3) is 77.0 Å². The maximum atomic E-state index is 5.00. The Morgan fingerprint density at radius 1 is 0.319 bits per heavy atom. The number of aryl methyl sites for hydroxylation is 1. The molecule has 322 valence electrons. The molecule has 3 heterocycles. The number of hydrogen-bond acceptors (Lipinski definition) is 1. The van der Waals surface area contributed by atoms with Crippen molar-refractivity contribution in [2.24, 2.45) is 0 Å². The average molecular weight is 878 g/mol. The monoisotopic (exact) mass is 877 g/mol. The van der Waals surface area contributed by atoms with E-state index < -0.39 is 10.8 Å². The number of hydrogen-bond donors (Lipinski definition) is 0. The second-order valence-corrected chi connectivity index (χ2v) is 19.1. The third kappa shape index (κ3) is 5.03. The fraction of sp³-hybridized carbons (Fsp3) is 0.0455. The molecule has 0 amide bonds. The normalized spacial score (nSPS) is 16.9. The van der Waals surface area contributed by atoms with Gasteiger partial charge in [0.15, 0.2) is 0 Å². The van der Waals surface area contributed by atoms with Crippen molar-refractivity contribution < 1.29 is 0 Å². The van der Waals surface area contributed by atoms with Gasteiger partial charge in [-0.3, -0.25) is 4.98 Å². The first-order valence-corrected chi connectivity index (χ1v) is 24.0. The molecule has 2 bridgehead atoms. The van der Waals surface area contributed by atoms with Crippen molar-refractivity contribution in [3.63, 3.8) is 0 Å². The molecule has 3 nitrogen and oxygen atoms in total. The maximum absolute atomic E-state index is 5.00. The van der Waals surface area contributed by atoms with E-state index in [1.54, 1.807) is 0 Å². The number of pyridine rings is 1. The van der Waals surface area contributed by atoms with Crippen molar-refractivity contribution in [2.45, 2.75) is 17.8 Å². The Morgan fingerprint density at radius 3 is 1.39 bits per heavy atom. The van der Waals surface area contributed by atoms with Gasteiger partial charge in [-0.2, -0.15) is 0 Å². The number of para-hydroxylation sites is 4. The number of rotatable bonds is 5. The highest BCUT2D eigenvalue weighted by atomic mass is 15.0. The van der Waals surface area contributed by atoms with Crippen LogP contribution >= 0.6 is 0 Å². The molecule has 0 aliphatic heterocycles. The van der Waals surface area contributed by atoms with Crippen LogP contribution < -0.4 is 0 Å². The summed E-state index contributed by atoms with van der Waals surface area (Å²) in [5, 5.41) is 6.16. The van der Waals surface area contributed by atoms with Gasteiger partial charge in [-0.15, -0.1) is 0 Å². The topological polar surface area (TPSA) is 22.8 Å². The standard InChI is InChI=1S/C66H43N3/c1-42-30-31-43-32-33-45(39-60(43)67-42)44-34-36-56-58(38-44)65(46-16-3-2-4-17-46)54-24-9-10-25-55(54)66(56,47-18-15-19-48(40-47)68-61-26-11-5-20-50(61)51-21-6-12-27-62(51)68)57-37-35-49(41-59(57)65)69-63-28-13-7-22-52(63)53-23-8-14-29-64(53)69/h2-41H,1H3. The molecule has 0 spiro atoms. The van der Waals surface area contributed by atoms with Gasteiger partial charge >= 0.3 is 0 Å². The summed E-state index contributed by atoms with van der Waals surface area (Å²) in [6, 6.07) is 91.2. The average Bonchev–Trinajstić information content (AvgIpc) is 3.94. The fourth-order valence-corrected chi connectivity index (χ4v) is 13.0. The van der Waals surface area contributed by atoms with E-state index in [2.05, 4.69) is 259 Å². The lowest BCUT2D eigenvalue weighted by Crippen LogP contribution is -2.52. The van der Waals surface area contributed by atoms with E-state index in [1.807, 2.05) is 0 Å². The van der Waals surface area contributed by atoms with Crippen LogP contribution in [0.2, 0.25) is 0 Å². The summed E-state index contributed by atoms with van der Waals surface area (Å²) in [6.45, 7) is 2.07. The van der Waals surface area contributed by atoms with Crippen LogP contribution in [0.3, 0.4) is 0 Å². The van der Waals surface area contributed by atoms with Gasteiger partial charge in [0.1, 0.15) is 0 Å². The molecule has 2 atom stereocenters. The van der Waals surface area contributed by atoms with Crippen molar-refractivity contribution in [3.05, 3.63) is 293 Å². The second-order valence-electron chi connectivity index (χ2n) is 19.1. The van der Waals surface area contributed by atoms with E-state index in [0.29, 0.717) is 0 Å². The predicted molar refractivity (Wildman–Crippen MR) is 284 cm³/mol. The Labute approximate surface area is 399 Å². The van der Waals surface area contributed by atoms with Crippen molar-refractivity contribution >= 4 is 54.5 Å². The van der Waals surface area contributed by atoms with Crippen LogP contribution in [0.4, 0.5) is 0 Å². The molecule has 3 aliphatic rings. The van der Waals surface area contributed by atoms with Crippen LogP contribution in [0, 0.1) is 6.92 Å². The molecule has 2 unspecified atom stereocenters. The molecule has 0 N–H and O–H groups in total. The van der Waals surface area contributed by atoms with E-state index in [4.69, 9.17) is 4.98 Å². The van der Waals surface area contributed by atoms with Crippen LogP contribution in [0.15, 0.2) is 243 Å². The molecule has 3 aromatic heterocycles. The predicted octanol–water partition coefficient (Wildman–Crippen LogP) is 15.8. The second kappa shape index (κ2) is 14.1. The third-order valence-electron chi connectivity index (χ3n) is 15.7. The molecule has 0 radical (unpaired) electrons. The SMILES string of the molecule is Cc1ccc2ccc(-c3ccc4c(c3)C3(c5ccccc5)c5ccccc5C4(c4cccc(-n5c6ccccc6c6ccccc65)c4)c4ccc(-n5c6ccccc6c6ccccc65)cc43)cc2n1. The summed E-state index contributed by atoms with van der Waals surface area (Å²) in [7, 11) is 0. The molecule has 0 saturated carbocycles. The van der Waals surface area contributed by atoms with Gasteiger partial charge in [0, 0.05) is 44.0 Å². The highest BCUT2D eigenvalue weighted by Crippen LogP contribution is 2.67. The molecule has 10 aromatic carbocycles. The Bertz CT molecular complexity index is 4180. The first kappa shape index (κ1) is 38.3. The molecule has 13 aromatic rings. The lowest BCUT2D eigenvalue weighted by molar-refractivity contribution is 0.557. The van der Waals surface area contributed by atoms with Crippen LogP contribution in [-0.2, 0) is 10.8 Å². The van der Waals surface area contributed by atoms with Gasteiger partial charge < -0.3 is 9.13 Å². The van der Waals surface area contributed by atoms with E-state index in [0.717, 1.165) is 33.5 Å². The van der Waals surface area contributed by atoms with E-state index in [9.17, 15) is 0 Å². The van der Waals surface area contributed by atoms with Gasteiger partial charge in [-0.05, 0) is 129 Å². The minimum Gasteiger partial charge on any atom is -0.309 e. The van der Waals surface area contributed by atoms with E-state index in [-0.39, 0.29) is 0 Å². The van der Waals surface area contributed by atoms with Crippen LogP contribution in [0.5, 0.6) is 0 Å². The highest BCUT2D eigenvalue weighted by molar-refractivity contribution is 6.10. The lowest BCUT2D eigenvalue weighted by Gasteiger charge is -2.57. The van der Waals surface area contributed by atoms with Crippen LogP contribution in [0.1, 0.15) is 50.2 Å². The van der Waals surface area contributed by atoms with E-state index in [1.165, 1.54) is 93.7 Å². The minimum absolute atomic E-state index is 0.662. The molecular formula is C66H43N3.